The second-order valence-corrected chi connectivity index (χ2v) is 4.76. The van der Waals surface area contributed by atoms with E-state index in [0.717, 1.165) is 65.2 Å². The minimum absolute atomic E-state index is 0.303. The number of hydrogen-bond acceptors (Lipinski definition) is 4. The van der Waals surface area contributed by atoms with Crippen molar-refractivity contribution in [2.24, 2.45) is 0 Å². The SMILES string of the molecule is O=C(O)CCCCCNCCCN1CCOCC1. The summed E-state index contributed by atoms with van der Waals surface area (Å²) in [4.78, 5) is 12.7. The van der Waals surface area contributed by atoms with Gasteiger partial charge in [0.05, 0.1) is 13.2 Å². The fourth-order valence-corrected chi connectivity index (χ4v) is 2.08. The largest absolute Gasteiger partial charge is 0.481 e. The van der Waals surface area contributed by atoms with Gasteiger partial charge in [-0.25, -0.2) is 0 Å². The summed E-state index contributed by atoms with van der Waals surface area (Å²) in [6.07, 6.45) is 4.35. The van der Waals surface area contributed by atoms with Crippen LogP contribution in [0, 0.1) is 0 Å². The van der Waals surface area contributed by atoms with Crippen LogP contribution in [0.2, 0.25) is 0 Å². The first-order chi connectivity index (χ1) is 8.79. The lowest BCUT2D eigenvalue weighted by atomic mass is 10.2. The standard InChI is InChI=1S/C13H26N2O3/c16-13(17)5-2-1-3-6-14-7-4-8-15-9-11-18-12-10-15/h14H,1-12H2,(H,16,17). The van der Waals surface area contributed by atoms with Crippen LogP contribution in [-0.4, -0.2) is 61.9 Å². The van der Waals surface area contributed by atoms with Crippen LogP contribution in [0.3, 0.4) is 0 Å². The van der Waals surface area contributed by atoms with Crippen molar-refractivity contribution in [2.45, 2.75) is 32.1 Å². The molecule has 106 valence electrons. The highest BCUT2D eigenvalue weighted by Crippen LogP contribution is 1.99. The molecular formula is C13H26N2O3. The molecule has 1 saturated heterocycles. The van der Waals surface area contributed by atoms with Crippen molar-refractivity contribution in [1.82, 2.24) is 10.2 Å². The van der Waals surface area contributed by atoms with Crippen molar-refractivity contribution in [1.29, 1.82) is 0 Å². The fraction of sp³-hybridized carbons (Fsp3) is 0.923. The highest BCUT2D eigenvalue weighted by Gasteiger charge is 2.08. The van der Waals surface area contributed by atoms with E-state index in [-0.39, 0.29) is 0 Å². The maximum absolute atomic E-state index is 10.3. The highest BCUT2D eigenvalue weighted by molar-refractivity contribution is 5.66. The lowest BCUT2D eigenvalue weighted by Gasteiger charge is -2.26. The molecule has 0 spiro atoms. The van der Waals surface area contributed by atoms with E-state index < -0.39 is 5.97 Å². The molecular weight excluding hydrogens is 232 g/mol. The minimum atomic E-state index is -0.687. The van der Waals surface area contributed by atoms with Gasteiger partial charge in [0.15, 0.2) is 0 Å². The second kappa shape index (κ2) is 10.3. The van der Waals surface area contributed by atoms with Gasteiger partial charge in [-0.1, -0.05) is 6.42 Å². The average molecular weight is 258 g/mol. The van der Waals surface area contributed by atoms with E-state index in [1.165, 1.54) is 6.42 Å². The van der Waals surface area contributed by atoms with Gasteiger partial charge < -0.3 is 15.2 Å². The molecule has 1 aliphatic rings. The van der Waals surface area contributed by atoms with Crippen LogP contribution in [0.4, 0.5) is 0 Å². The van der Waals surface area contributed by atoms with E-state index in [2.05, 4.69) is 10.2 Å². The third-order valence-electron chi connectivity index (χ3n) is 3.18. The van der Waals surface area contributed by atoms with Gasteiger partial charge in [-0.3, -0.25) is 9.69 Å². The van der Waals surface area contributed by atoms with Crippen LogP contribution in [0.5, 0.6) is 0 Å². The Kier molecular flexibility index (Phi) is 8.81. The molecule has 0 radical (unpaired) electrons. The van der Waals surface area contributed by atoms with Crippen LogP contribution in [-0.2, 0) is 9.53 Å². The summed E-state index contributed by atoms with van der Waals surface area (Å²) in [5, 5.41) is 11.9. The van der Waals surface area contributed by atoms with E-state index in [1.54, 1.807) is 0 Å². The molecule has 0 bridgehead atoms. The van der Waals surface area contributed by atoms with E-state index in [4.69, 9.17) is 9.84 Å². The summed E-state index contributed by atoms with van der Waals surface area (Å²) in [6.45, 7) is 7.08. The van der Waals surface area contributed by atoms with Gasteiger partial charge in [0.25, 0.3) is 0 Å². The average Bonchev–Trinajstić information content (AvgIpc) is 2.37. The third-order valence-corrected chi connectivity index (χ3v) is 3.18. The molecule has 2 N–H and O–H groups in total. The zero-order valence-electron chi connectivity index (χ0n) is 11.2. The topological polar surface area (TPSA) is 61.8 Å². The molecule has 0 aromatic heterocycles. The lowest BCUT2D eigenvalue weighted by Crippen LogP contribution is -2.37. The van der Waals surface area contributed by atoms with Crippen LogP contribution < -0.4 is 5.32 Å². The molecule has 5 heteroatoms. The third kappa shape index (κ3) is 8.44. The van der Waals surface area contributed by atoms with Crippen LogP contribution in [0.25, 0.3) is 0 Å². The Morgan fingerprint density at radius 2 is 1.83 bits per heavy atom. The predicted molar refractivity (Wildman–Crippen MR) is 70.8 cm³/mol. The molecule has 0 saturated carbocycles. The molecule has 0 aromatic rings. The number of ether oxygens (including phenoxy) is 1. The molecule has 0 aliphatic carbocycles. The summed E-state index contributed by atoms with van der Waals surface area (Å²) in [7, 11) is 0. The molecule has 18 heavy (non-hydrogen) atoms. The van der Waals surface area contributed by atoms with Crippen LogP contribution in [0.1, 0.15) is 32.1 Å². The van der Waals surface area contributed by atoms with Crippen LogP contribution in [0.15, 0.2) is 0 Å². The molecule has 0 amide bonds. The normalized spacial score (nSPS) is 16.9. The smallest absolute Gasteiger partial charge is 0.303 e. The zero-order chi connectivity index (χ0) is 13.1. The molecule has 1 fully saturated rings. The number of nitrogens with one attached hydrogen (secondary N) is 1. The van der Waals surface area contributed by atoms with Crippen molar-refractivity contribution in [3.63, 3.8) is 0 Å². The van der Waals surface area contributed by atoms with E-state index in [9.17, 15) is 4.79 Å². The summed E-state index contributed by atoms with van der Waals surface area (Å²) in [5.41, 5.74) is 0. The molecule has 0 unspecified atom stereocenters. The number of rotatable bonds is 10. The summed E-state index contributed by atoms with van der Waals surface area (Å²) in [6, 6.07) is 0. The number of hydrogen-bond donors (Lipinski definition) is 2. The Bertz CT molecular complexity index is 218. The number of unbranched alkanes of at least 4 members (excludes halogenated alkanes) is 2. The number of carboxylic acids is 1. The van der Waals surface area contributed by atoms with Crippen molar-refractivity contribution in [3.05, 3.63) is 0 Å². The Labute approximate surface area is 109 Å². The Morgan fingerprint density at radius 3 is 2.56 bits per heavy atom. The number of carboxylic acid groups (broad SMARTS) is 1. The number of carbonyl (C=O) groups is 1. The van der Waals surface area contributed by atoms with Gasteiger partial charge in [-0.15, -0.1) is 0 Å². The van der Waals surface area contributed by atoms with Crippen molar-refractivity contribution < 1.29 is 14.6 Å². The van der Waals surface area contributed by atoms with Gasteiger partial charge in [0.1, 0.15) is 0 Å². The molecule has 0 aromatic carbocycles. The fourth-order valence-electron chi connectivity index (χ4n) is 2.08. The number of morpholine rings is 1. The predicted octanol–water partition coefficient (Wildman–Crippen LogP) is 0.943. The first kappa shape index (κ1) is 15.4. The van der Waals surface area contributed by atoms with E-state index in [1.807, 2.05) is 0 Å². The molecule has 5 nitrogen and oxygen atoms in total. The van der Waals surface area contributed by atoms with Gasteiger partial charge in [-0.05, 0) is 38.9 Å². The minimum Gasteiger partial charge on any atom is -0.481 e. The first-order valence-corrected chi connectivity index (χ1v) is 7.01. The quantitative estimate of drug-likeness (QED) is 0.571. The highest BCUT2D eigenvalue weighted by atomic mass is 16.5. The molecule has 0 atom stereocenters. The second-order valence-electron chi connectivity index (χ2n) is 4.76. The first-order valence-electron chi connectivity index (χ1n) is 7.01. The van der Waals surface area contributed by atoms with Gasteiger partial charge in [0.2, 0.25) is 0 Å². The van der Waals surface area contributed by atoms with Crippen molar-refractivity contribution in [2.75, 3.05) is 45.9 Å². The molecule has 1 heterocycles. The van der Waals surface area contributed by atoms with Gasteiger partial charge in [-0.2, -0.15) is 0 Å². The Morgan fingerprint density at radius 1 is 1.11 bits per heavy atom. The van der Waals surface area contributed by atoms with Crippen molar-refractivity contribution in [3.8, 4) is 0 Å². The van der Waals surface area contributed by atoms with Gasteiger partial charge >= 0.3 is 5.97 Å². The monoisotopic (exact) mass is 258 g/mol. The van der Waals surface area contributed by atoms with Crippen LogP contribution >= 0.6 is 0 Å². The maximum Gasteiger partial charge on any atom is 0.303 e. The van der Waals surface area contributed by atoms with Crippen molar-refractivity contribution >= 4 is 5.97 Å². The summed E-state index contributed by atoms with van der Waals surface area (Å²) in [5.74, 6) is -0.687. The zero-order valence-corrected chi connectivity index (χ0v) is 11.2. The molecule has 1 rings (SSSR count). The lowest BCUT2D eigenvalue weighted by molar-refractivity contribution is -0.137. The Hall–Kier alpha value is -0.650. The number of aliphatic carboxylic acids is 1. The maximum atomic E-state index is 10.3. The molecule has 1 aliphatic heterocycles. The Balaban J connectivity index is 1.76. The summed E-state index contributed by atoms with van der Waals surface area (Å²) < 4.78 is 5.30. The van der Waals surface area contributed by atoms with E-state index >= 15 is 0 Å². The summed E-state index contributed by atoms with van der Waals surface area (Å²) >= 11 is 0. The van der Waals surface area contributed by atoms with E-state index in [0.29, 0.717) is 6.42 Å². The number of nitrogens with zero attached hydrogens (tertiary/aromatic N) is 1. The van der Waals surface area contributed by atoms with Gasteiger partial charge in [0, 0.05) is 19.5 Å².